The lowest BCUT2D eigenvalue weighted by Crippen LogP contribution is -2.52. The molecule has 4 heteroatoms. The molecule has 0 saturated heterocycles. The molecule has 0 radical (unpaired) electrons. The minimum Gasteiger partial charge on any atom is -0.389 e. The molecule has 4 nitrogen and oxygen atoms in total. The van der Waals surface area contributed by atoms with E-state index in [9.17, 15) is 19.5 Å². The van der Waals surface area contributed by atoms with Gasteiger partial charge in [-0.3, -0.25) is 9.59 Å². The molecule has 0 bridgehead atoms. The van der Waals surface area contributed by atoms with Crippen LogP contribution in [-0.2, 0) is 14.4 Å². The number of Topliss-reactive ketones (excluding diaryl/α,β-unsaturated/α-hetero) is 1. The van der Waals surface area contributed by atoms with Crippen LogP contribution < -0.4 is 0 Å². The molecule has 0 aromatic rings. The summed E-state index contributed by atoms with van der Waals surface area (Å²) in [4.78, 5) is 36.4. The fourth-order valence-electron chi connectivity index (χ4n) is 7.13. The third-order valence-corrected chi connectivity index (χ3v) is 8.32. The number of ketones is 2. The average molecular weight is 344 g/mol. The number of hydrogen-bond acceptors (Lipinski definition) is 4. The van der Waals surface area contributed by atoms with Crippen LogP contribution in [0.25, 0.3) is 0 Å². The van der Waals surface area contributed by atoms with Crippen molar-refractivity contribution in [1.29, 1.82) is 0 Å². The number of carbonyl (C=O) groups is 3. The van der Waals surface area contributed by atoms with E-state index in [2.05, 4.69) is 6.92 Å². The van der Waals surface area contributed by atoms with Crippen LogP contribution >= 0.6 is 0 Å². The van der Waals surface area contributed by atoms with Crippen molar-refractivity contribution >= 4 is 17.9 Å². The molecule has 4 rings (SSSR count). The lowest BCUT2D eigenvalue weighted by atomic mass is 9.46. The van der Waals surface area contributed by atoms with Gasteiger partial charge in [-0.25, -0.2) is 0 Å². The van der Waals surface area contributed by atoms with Crippen LogP contribution in [0.3, 0.4) is 0 Å². The summed E-state index contributed by atoms with van der Waals surface area (Å²) in [6.07, 6.45) is 9.74. The first kappa shape index (κ1) is 17.1. The normalized spacial score (nSPS) is 45.8. The summed E-state index contributed by atoms with van der Waals surface area (Å²) < 4.78 is 0. The molecule has 6 atom stereocenters. The monoisotopic (exact) mass is 344 g/mol. The van der Waals surface area contributed by atoms with Crippen LogP contribution in [0.5, 0.6) is 0 Å². The van der Waals surface area contributed by atoms with E-state index >= 15 is 0 Å². The number of carbonyl (C=O) groups excluding carboxylic acids is 3. The molecule has 0 amide bonds. The Morgan fingerprint density at radius 2 is 2.00 bits per heavy atom. The maximum atomic E-state index is 12.3. The second kappa shape index (κ2) is 5.87. The number of aliphatic hydroxyl groups excluding tert-OH is 1. The van der Waals surface area contributed by atoms with Crippen molar-refractivity contribution in [3.05, 3.63) is 11.6 Å². The van der Waals surface area contributed by atoms with Crippen LogP contribution in [0.2, 0.25) is 0 Å². The Kier molecular flexibility index (Phi) is 4.02. The Bertz CT molecular complexity index is 650. The summed E-state index contributed by atoms with van der Waals surface area (Å²) in [5.74, 6) is 1.38. The molecule has 3 fully saturated rings. The molecule has 0 heterocycles. The molecule has 136 valence electrons. The van der Waals surface area contributed by atoms with E-state index in [0.717, 1.165) is 50.4 Å². The lowest BCUT2D eigenvalue weighted by Gasteiger charge is -2.57. The first-order valence-corrected chi connectivity index (χ1v) is 9.80. The van der Waals surface area contributed by atoms with Gasteiger partial charge in [0.15, 0.2) is 11.6 Å². The van der Waals surface area contributed by atoms with Crippen molar-refractivity contribution in [2.75, 3.05) is 6.61 Å². The van der Waals surface area contributed by atoms with Gasteiger partial charge in [0.1, 0.15) is 12.9 Å². The Labute approximate surface area is 149 Å². The second-order valence-electron chi connectivity index (χ2n) is 9.01. The SMILES string of the molecule is CC12CCC3C(CCC4=CC(=O)CCC43C=O)C1CCC2C(=O)CO. The number of rotatable bonds is 3. The minimum atomic E-state index is -0.433. The highest BCUT2D eigenvalue weighted by Gasteiger charge is 2.61. The Balaban J connectivity index is 1.68. The minimum absolute atomic E-state index is 0.00629. The molecule has 0 spiro atoms. The van der Waals surface area contributed by atoms with E-state index in [1.807, 2.05) is 0 Å². The average Bonchev–Trinajstić information content (AvgIpc) is 2.98. The van der Waals surface area contributed by atoms with Gasteiger partial charge in [0.05, 0.1) is 5.41 Å². The van der Waals surface area contributed by atoms with Gasteiger partial charge in [0.2, 0.25) is 0 Å². The molecule has 4 aliphatic carbocycles. The molecule has 0 aliphatic heterocycles. The van der Waals surface area contributed by atoms with E-state index in [-0.39, 0.29) is 29.5 Å². The van der Waals surface area contributed by atoms with Crippen molar-refractivity contribution in [1.82, 2.24) is 0 Å². The third kappa shape index (κ3) is 2.26. The summed E-state index contributed by atoms with van der Waals surface area (Å²) in [5, 5.41) is 9.36. The molecular formula is C21H28O4. The molecule has 0 aromatic heterocycles. The molecule has 1 N–H and O–H groups in total. The lowest BCUT2D eigenvalue weighted by molar-refractivity contribution is -0.136. The first-order chi connectivity index (χ1) is 12.0. The van der Waals surface area contributed by atoms with Crippen molar-refractivity contribution < 1.29 is 19.5 Å². The smallest absolute Gasteiger partial charge is 0.161 e. The third-order valence-electron chi connectivity index (χ3n) is 8.32. The molecule has 0 aromatic carbocycles. The Morgan fingerprint density at radius 3 is 2.72 bits per heavy atom. The highest BCUT2D eigenvalue weighted by molar-refractivity contribution is 5.93. The summed E-state index contributed by atoms with van der Waals surface area (Å²) in [5.41, 5.74) is 0.609. The highest BCUT2D eigenvalue weighted by atomic mass is 16.3. The van der Waals surface area contributed by atoms with E-state index < -0.39 is 5.41 Å². The van der Waals surface area contributed by atoms with Gasteiger partial charge in [-0.2, -0.15) is 0 Å². The van der Waals surface area contributed by atoms with Crippen molar-refractivity contribution in [2.24, 2.45) is 34.5 Å². The highest BCUT2D eigenvalue weighted by Crippen LogP contribution is 2.66. The topological polar surface area (TPSA) is 71.4 Å². The summed E-state index contributed by atoms with van der Waals surface area (Å²) in [7, 11) is 0. The van der Waals surface area contributed by atoms with E-state index in [0.29, 0.717) is 30.6 Å². The van der Waals surface area contributed by atoms with E-state index in [1.165, 1.54) is 0 Å². The zero-order valence-corrected chi connectivity index (χ0v) is 15.0. The summed E-state index contributed by atoms with van der Waals surface area (Å²) in [6, 6.07) is 0. The largest absolute Gasteiger partial charge is 0.389 e. The second-order valence-corrected chi connectivity index (χ2v) is 9.01. The van der Waals surface area contributed by atoms with Gasteiger partial charge in [-0.05, 0) is 74.2 Å². The van der Waals surface area contributed by atoms with Crippen LogP contribution in [0.4, 0.5) is 0 Å². The Morgan fingerprint density at radius 1 is 1.20 bits per heavy atom. The fraction of sp³-hybridized carbons (Fsp3) is 0.762. The molecule has 3 saturated carbocycles. The van der Waals surface area contributed by atoms with Gasteiger partial charge >= 0.3 is 0 Å². The quantitative estimate of drug-likeness (QED) is 0.799. The zero-order valence-electron chi connectivity index (χ0n) is 15.0. The standard InChI is InChI=1S/C21H28O4/c1-20-8-7-17-15(16(20)4-5-18(20)19(25)11-22)3-2-13-10-14(24)6-9-21(13,17)12-23/h10,12,15-18,22H,2-9,11H2,1H3. The van der Waals surface area contributed by atoms with Gasteiger partial charge in [-0.1, -0.05) is 12.5 Å². The van der Waals surface area contributed by atoms with Crippen LogP contribution in [0.1, 0.15) is 58.3 Å². The van der Waals surface area contributed by atoms with Crippen molar-refractivity contribution in [2.45, 2.75) is 58.3 Å². The van der Waals surface area contributed by atoms with Crippen LogP contribution in [-0.4, -0.2) is 29.6 Å². The Hall–Kier alpha value is -1.29. The van der Waals surface area contributed by atoms with Gasteiger partial charge < -0.3 is 9.90 Å². The number of hydrogen-bond donors (Lipinski definition) is 1. The first-order valence-electron chi connectivity index (χ1n) is 9.80. The molecule has 4 aliphatic rings. The number of fused-ring (bicyclic) bond motifs is 5. The summed E-state index contributed by atoms with van der Waals surface area (Å²) in [6.45, 7) is 1.89. The maximum Gasteiger partial charge on any atom is 0.161 e. The van der Waals surface area contributed by atoms with Gasteiger partial charge in [0.25, 0.3) is 0 Å². The molecular weight excluding hydrogens is 316 g/mol. The number of allylic oxidation sites excluding steroid dienone is 1. The maximum absolute atomic E-state index is 12.3. The van der Waals surface area contributed by atoms with Gasteiger partial charge in [-0.15, -0.1) is 0 Å². The number of aliphatic hydroxyl groups is 1. The zero-order chi connectivity index (χ0) is 17.8. The number of aldehydes is 1. The van der Waals surface area contributed by atoms with Crippen LogP contribution in [0.15, 0.2) is 11.6 Å². The molecule has 6 unspecified atom stereocenters. The predicted octanol–water partition coefficient (Wildman–Crippen LogP) is 2.87. The fourth-order valence-corrected chi connectivity index (χ4v) is 7.13. The van der Waals surface area contributed by atoms with Gasteiger partial charge in [0, 0.05) is 12.3 Å². The van der Waals surface area contributed by atoms with E-state index in [4.69, 9.17) is 0 Å². The molecule has 25 heavy (non-hydrogen) atoms. The van der Waals surface area contributed by atoms with Crippen molar-refractivity contribution in [3.8, 4) is 0 Å². The predicted molar refractivity (Wildman–Crippen MR) is 92.7 cm³/mol. The van der Waals surface area contributed by atoms with E-state index in [1.54, 1.807) is 6.08 Å². The van der Waals surface area contributed by atoms with Crippen LogP contribution in [0, 0.1) is 34.5 Å². The summed E-state index contributed by atoms with van der Waals surface area (Å²) >= 11 is 0. The van der Waals surface area contributed by atoms with Crippen molar-refractivity contribution in [3.63, 3.8) is 0 Å².